The summed E-state index contributed by atoms with van der Waals surface area (Å²) in [5.41, 5.74) is 8.71. The zero-order valence-electron chi connectivity index (χ0n) is 18.3. The van der Waals surface area contributed by atoms with E-state index in [0.29, 0.717) is 0 Å². The number of hydrogen-bond acceptors (Lipinski definition) is 0. The molecular weight excluding hydrogens is 455 g/mol. The van der Waals surface area contributed by atoms with Crippen molar-refractivity contribution in [2.75, 3.05) is 0 Å². The molecule has 3 heteroatoms. The summed E-state index contributed by atoms with van der Waals surface area (Å²) in [5.74, 6) is 0. The molecule has 159 valence electrons. The van der Waals surface area contributed by atoms with Crippen molar-refractivity contribution in [3.8, 4) is 11.1 Å². The van der Waals surface area contributed by atoms with Crippen LogP contribution in [-0.4, -0.2) is 4.31 Å². The minimum absolute atomic E-state index is 0. The van der Waals surface area contributed by atoms with Crippen molar-refractivity contribution in [1.82, 2.24) is 0 Å². The zero-order chi connectivity index (χ0) is 20.0. The maximum Gasteiger partial charge on any atom is -0.147 e. The van der Waals surface area contributed by atoms with Crippen molar-refractivity contribution in [1.29, 1.82) is 0 Å². The molecule has 0 aliphatic heterocycles. The van der Waals surface area contributed by atoms with Crippen LogP contribution >= 0.6 is 24.8 Å². The van der Waals surface area contributed by atoms with E-state index in [4.69, 9.17) is 0 Å². The quantitative estimate of drug-likeness (QED) is 0.292. The largest absolute Gasteiger partial charge is 0.147 e. The third kappa shape index (κ3) is 3.85. The first kappa shape index (κ1) is 24.0. The molecule has 3 aromatic rings. The first-order valence-electron chi connectivity index (χ1n) is 10.6. The molecule has 0 spiro atoms. The maximum atomic E-state index is 2.61. The standard InChI is InChI=1S/C15H13.C6H5.C5H5.C2H4.2ClH.Ti/c1-10-3-5-12-9-13-6-4-11(2)8-15(13)14(12)7-10;1-2-4-6-5-3-1;1-2-4-5-3-1;1-2;;;/h3-5,7-8H,9H2,1-2H3;1-5H;1-3H,4H2;1H,2H3;2*1H;. The molecule has 2 aliphatic rings. The Morgan fingerprint density at radius 1 is 0.839 bits per heavy atom. The number of allylic oxidation sites excluding steroid dienone is 4. The van der Waals surface area contributed by atoms with Crippen molar-refractivity contribution in [3.05, 3.63) is 105 Å². The van der Waals surface area contributed by atoms with E-state index in [1.165, 1.54) is 27.8 Å². The Kier molecular flexibility index (Phi) is 7.29. The van der Waals surface area contributed by atoms with Gasteiger partial charge in [-0.05, 0) is 0 Å². The average Bonchev–Trinajstić information content (AvgIpc) is 3.39. The van der Waals surface area contributed by atoms with E-state index in [2.05, 4.69) is 104 Å². The first-order chi connectivity index (χ1) is 14.1. The first-order valence-corrected chi connectivity index (χ1v) is 13.8. The number of hydrogen-bond donors (Lipinski definition) is 0. The molecule has 0 amide bonds. The maximum absolute atomic E-state index is 2.84. The molecule has 1 unspecified atom stereocenters. The minimum Gasteiger partial charge on any atom is -0.147 e. The summed E-state index contributed by atoms with van der Waals surface area (Å²) in [6.45, 7) is 6.79. The van der Waals surface area contributed by atoms with Gasteiger partial charge in [-0.25, -0.2) is 0 Å². The van der Waals surface area contributed by atoms with Crippen LogP contribution in [-0.2, 0) is 22.5 Å². The van der Waals surface area contributed by atoms with Gasteiger partial charge in [0, 0.05) is 0 Å². The fourth-order valence-corrected chi connectivity index (χ4v) is 12.7. The van der Waals surface area contributed by atoms with Gasteiger partial charge in [-0.1, -0.05) is 0 Å². The van der Waals surface area contributed by atoms with Crippen LogP contribution < -0.4 is 7.74 Å². The molecule has 0 fully saturated rings. The average molecular weight is 484 g/mol. The number of aryl methyl sites for hydroxylation is 2. The fraction of sp³-hybridized carbons (Fsp3) is 0.179. The Morgan fingerprint density at radius 2 is 1.58 bits per heavy atom. The Hall–Kier alpha value is -1.70. The molecule has 0 N–H and O–H groups in total. The van der Waals surface area contributed by atoms with E-state index >= 15 is 0 Å². The predicted octanol–water partition coefficient (Wildman–Crippen LogP) is 6.49. The summed E-state index contributed by atoms with van der Waals surface area (Å²) >= 11 is -2.84. The smallest absolute Gasteiger partial charge is 0.147 e. The molecule has 0 heterocycles. The fourth-order valence-electron chi connectivity index (χ4n) is 5.35. The summed E-state index contributed by atoms with van der Waals surface area (Å²) in [6.07, 6.45) is 9.16. The van der Waals surface area contributed by atoms with Crippen molar-refractivity contribution in [3.63, 3.8) is 0 Å². The minimum atomic E-state index is -2.84. The van der Waals surface area contributed by atoms with Gasteiger partial charge in [0.05, 0.1) is 0 Å². The van der Waals surface area contributed by atoms with Crippen LogP contribution in [0.3, 0.4) is 0 Å². The second-order valence-electron chi connectivity index (χ2n) is 8.46. The molecule has 5 rings (SSSR count). The van der Waals surface area contributed by atoms with Gasteiger partial charge in [0.25, 0.3) is 0 Å². The molecule has 3 aromatic carbocycles. The molecule has 0 nitrogen and oxygen atoms in total. The molecule has 0 aromatic heterocycles. The molecule has 0 saturated heterocycles. The third-order valence-corrected chi connectivity index (χ3v) is 14.2. The van der Waals surface area contributed by atoms with Crippen LogP contribution in [0.15, 0.2) is 82.8 Å². The van der Waals surface area contributed by atoms with E-state index in [1.54, 1.807) is 17.2 Å². The van der Waals surface area contributed by atoms with Gasteiger partial charge < -0.3 is 0 Å². The molecule has 0 bridgehead atoms. The van der Waals surface area contributed by atoms with Gasteiger partial charge in [-0.3, -0.25) is 0 Å². The second kappa shape index (κ2) is 9.43. The summed E-state index contributed by atoms with van der Waals surface area (Å²) < 4.78 is 7.44. The number of fused-ring (bicyclic) bond motifs is 3. The van der Waals surface area contributed by atoms with Gasteiger partial charge in [0.15, 0.2) is 0 Å². The van der Waals surface area contributed by atoms with E-state index in [0.717, 1.165) is 12.8 Å². The van der Waals surface area contributed by atoms with Gasteiger partial charge in [0.1, 0.15) is 0 Å². The molecule has 0 radical (unpaired) electrons. The van der Waals surface area contributed by atoms with Crippen LogP contribution in [0.1, 0.15) is 35.6 Å². The topological polar surface area (TPSA) is 0 Å². The van der Waals surface area contributed by atoms with Gasteiger partial charge in [-0.2, -0.15) is 0 Å². The van der Waals surface area contributed by atoms with Crippen LogP contribution in [0.25, 0.3) is 11.1 Å². The Morgan fingerprint density at radius 3 is 2.26 bits per heavy atom. The summed E-state index contributed by atoms with van der Waals surface area (Å²) in [6, 6.07) is 23.3. The molecule has 31 heavy (non-hydrogen) atoms. The number of benzene rings is 3. The van der Waals surface area contributed by atoms with Gasteiger partial charge in [0.2, 0.25) is 0 Å². The third-order valence-electron chi connectivity index (χ3n) is 6.68. The van der Waals surface area contributed by atoms with E-state index < -0.39 is 16.1 Å². The zero-order valence-corrected chi connectivity index (χ0v) is 21.5. The molecular formula is C28H29Cl2Ti. The van der Waals surface area contributed by atoms with E-state index in [1.807, 2.05) is 0 Å². The van der Waals surface area contributed by atoms with E-state index in [9.17, 15) is 0 Å². The Bertz CT molecular complexity index is 1230. The monoisotopic (exact) mass is 483 g/mol. The SMILES string of the molecule is C[CH]=[Ti]([C]1=CC=CC1)([c]1ccccc1)[c]1cc(C)cc2c1Cc1ccc(C)cc1-2.Cl.Cl. The summed E-state index contributed by atoms with van der Waals surface area (Å²) in [5, 5.41) is 0. The Balaban J connectivity index is 0.00000136. The normalized spacial score (nSPS) is 15.1. The van der Waals surface area contributed by atoms with Crippen molar-refractivity contribution < 1.29 is 16.1 Å². The van der Waals surface area contributed by atoms with Crippen LogP contribution in [0, 0.1) is 13.8 Å². The van der Waals surface area contributed by atoms with Crippen molar-refractivity contribution >= 4 is 36.9 Å². The van der Waals surface area contributed by atoms with E-state index in [-0.39, 0.29) is 24.8 Å². The van der Waals surface area contributed by atoms with Crippen LogP contribution in [0.4, 0.5) is 0 Å². The van der Waals surface area contributed by atoms with Gasteiger partial charge >= 0.3 is 178 Å². The molecule has 0 saturated carbocycles. The van der Waals surface area contributed by atoms with Crippen LogP contribution in [0.5, 0.6) is 0 Å². The summed E-state index contributed by atoms with van der Waals surface area (Å²) in [7, 11) is 0. The summed E-state index contributed by atoms with van der Waals surface area (Å²) in [4.78, 5) is 0. The van der Waals surface area contributed by atoms with Crippen molar-refractivity contribution in [2.24, 2.45) is 0 Å². The predicted molar refractivity (Wildman–Crippen MR) is 138 cm³/mol. The van der Waals surface area contributed by atoms with Gasteiger partial charge in [-0.15, -0.1) is 24.8 Å². The van der Waals surface area contributed by atoms with Crippen molar-refractivity contribution in [2.45, 2.75) is 33.6 Å². The second-order valence-corrected chi connectivity index (χ2v) is 14.6. The Labute approximate surface area is 201 Å². The number of rotatable bonds is 3. The molecule has 2 aliphatic carbocycles. The van der Waals surface area contributed by atoms with Crippen LogP contribution in [0.2, 0.25) is 0 Å². The molecule has 1 atom stereocenters. The number of halogens is 2.